The monoisotopic (exact) mass is 485 g/mol. The van der Waals surface area contributed by atoms with Crippen molar-refractivity contribution in [3.8, 4) is 11.5 Å². The molecule has 0 atom stereocenters. The summed E-state index contributed by atoms with van der Waals surface area (Å²) in [7, 11) is 2.01. The van der Waals surface area contributed by atoms with Gasteiger partial charge in [0.2, 0.25) is 0 Å². The molecule has 0 saturated heterocycles. The molecular weight excluding hydrogens is 450 g/mol. The number of nitrogens with zero attached hydrogens (tertiary/aromatic N) is 1. The molecule has 0 aromatic heterocycles. The van der Waals surface area contributed by atoms with Gasteiger partial charge in [-0.25, -0.2) is 0 Å². The molecule has 34 heavy (non-hydrogen) atoms. The second kappa shape index (κ2) is 8.75. The first-order valence-corrected chi connectivity index (χ1v) is 12.6. The normalized spacial score (nSPS) is 22.1. The second-order valence-corrected chi connectivity index (χ2v) is 11.7. The van der Waals surface area contributed by atoms with Gasteiger partial charge in [-0.05, 0) is 55.2 Å². The molecule has 1 aromatic carbocycles. The highest BCUT2D eigenvalue weighted by atomic mass is 35.5. The van der Waals surface area contributed by atoms with Gasteiger partial charge in [-0.3, -0.25) is 9.59 Å². The maximum Gasteiger partial charge on any atom is 0.179 e. The van der Waals surface area contributed by atoms with Crippen LogP contribution in [0.2, 0.25) is 5.02 Å². The smallest absolute Gasteiger partial charge is 0.179 e. The van der Waals surface area contributed by atoms with E-state index >= 15 is 0 Å². The first-order valence-electron chi connectivity index (χ1n) is 12.2. The van der Waals surface area contributed by atoms with Gasteiger partial charge in [0.1, 0.15) is 0 Å². The van der Waals surface area contributed by atoms with Crippen LogP contribution >= 0.6 is 11.6 Å². The lowest BCUT2D eigenvalue weighted by molar-refractivity contribution is -0.119. The maximum absolute atomic E-state index is 13.6. The van der Waals surface area contributed by atoms with Crippen molar-refractivity contribution >= 4 is 23.2 Å². The van der Waals surface area contributed by atoms with Crippen LogP contribution in [0.4, 0.5) is 0 Å². The Morgan fingerprint density at radius 1 is 0.882 bits per heavy atom. The molecule has 3 aliphatic rings. The number of halogens is 1. The van der Waals surface area contributed by atoms with Gasteiger partial charge in [-0.15, -0.1) is 0 Å². The van der Waals surface area contributed by atoms with Crippen LogP contribution in [0.25, 0.3) is 0 Å². The molecule has 2 aliphatic carbocycles. The third-order valence-corrected chi connectivity index (χ3v) is 7.41. The van der Waals surface area contributed by atoms with Gasteiger partial charge in [0.25, 0.3) is 0 Å². The fourth-order valence-corrected chi connectivity index (χ4v) is 6.07. The van der Waals surface area contributed by atoms with E-state index in [1.807, 2.05) is 33.0 Å². The fourth-order valence-electron chi connectivity index (χ4n) is 5.80. The van der Waals surface area contributed by atoms with Crippen molar-refractivity contribution in [2.75, 3.05) is 20.3 Å². The Kier molecular flexibility index (Phi) is 6.39. The van der Waals surface area contributed by atoms with Gasteiger partial charge >= 0.3 is 0 Å². The molecule has 4 rings (SSSR count). The van der Waals surface area contributed by atoms with Gasteiger partial charge in [0.15, 0.2) is 23.1 Å². The van der Waals surface area contributed by atoms with E-state index in [0.717, 1.165) is 40.9 Å². The molecule has 0 amide bonds. The first-order chi connectivity index (χ1) is 15.9. The SMILES string of the molecule is CCOc1cc(C2C3=C(CC(C)(C)CC3=O)N(C)C3=C2C(=O)CC(C)(C)C3)cc(Cl)c1OCC. The van der Waals surface area contributed by atoms with E-state index < -0.39 is 5.92 Å². The van der Waals surface area contributed by atoms with Crippen LogP contribution in [0.1, 0.15) is 78.7 Å². The molecular formula is C28H36ClNO4. The molecule has 0 fully saturated rings. The molecule has 0 unspecified atom stereocenters. The molecule has 0 N–H and O–H groups in total. The molecule has 0 saturated carbocycles. The Labute approximate surface area is 208 Å². The van der Waals surface area contributed by atoms with Crippen molar-refractivity contribution in [3.63, 3.8) is 0 Å². The number of allylic oxidation sites excluding steroid dienone is 4. The Bertz CT molecular complexity index is 1060. The quantitative estimate of drug-likeness (QED) is 0.479. The van der Waals surface area contributed by atoms with E-state index in [4.69, 9.17) is 21.1 Å². The van der Waals surface area contributed by atoms with Crippen LogP contribution < -0.4 is 9.47 Å². The summed E-state index contributed by atoms with van der Waals surface area (Å²) in [5.41, 5.74) is 4.07. The summed E-state index contributed by atoms with van der Waals surface area (Å²) in [6, 6.07) is 3.76. The van der Waals surface area contributed by atoms with E-state index in [9.17, 15) is 9.59 Å². The number of Topliss-reactive ketones (excluding diaryl/α,β-unsaturated/α-hetero) is 2. The van der Waals surface area contributed by atoms with Crippen molar-refractivity contribution in [2.45, 2.75) is 73.1 Å². The lowest BCUT2D eigenvalue weighted by atomic mass is 9.63. The molecule has 0 bridgehead atoms. The number of benzene rings is 1. The van der Waals surface area contributed by atoms with E-state index in [0.29, 0.717) is 42.6 Å². The van der Waals surface area contributed by atoms with Crippen LogP contribution in [-0.4, -0.2) is 36.7 Å². The summed E-state index contributed by atoms with van der Waals surface area (Å²) in [4.78, 5) is 29.4. The van der Waals surface area contributed by atoms with Crippen molar-refractivity contribution in [1.82, 2.24) is 4.90 Å². The average molecular weight is 486 g/mol. The number of carbonyl (C=O) groups is 2. The molecule has 6 heteroatoms. The van der Waals surface area contributed by atoms with E-state index in [-0.39, 0.29) is 22.4 Å². The first kappa shape index (κ1) is 24.8. The van der Waals surface area contributed by atoms with Crippen LogP contribution in [0.3, 0.4) is 0 Å². The number of ether oxygens (including phenoxy) is 2. The zero-order valence-electron chi connectivity index (χ0n) is 21.4. The summed E-state index contributed by atoms with van der Waals surface area (Å²) < 4.78 is 11.7. The molecule has 1 aliphatic heterocycles. The number of ketones is 2. The average Bonchev–Trinajstić information content (AvgIpc) is 2.70. The van der Waals surface area contributed by atoms with E-state index in [2.05, 4.69) is 32.6 Å². The zero-order valence-corrected chi connectivity index (χ0v) is 22.2. The third-order valence-electron chi connectivity index (χ3n) is 7.13. The zero-order chi connectivity index (χ0) is 25.0. The predicted molar refractivity (Wildman–Crippen MR) is 134 cm³/mol. The topological polar surface area (TPSA) is 55.8 Å². The number of carbonyl (C=O) groups excluding carboxylic acids is 2. The molecule has 0 radical (unpaired) electrons. The Morgan fingerprint density at radius 3 is 1.85 bits per heavy atom. The Hall–Kier alpha value is -2.27. The molecule has 184 valence electrons. The van der Waals surface area contributed by atoms with Crippen LogP contribution in [0, 0.1) is 10.8 Å². The highest BCUT2D eigenvalue weighted by Crippen LogP contribution is 2.55. The van der Waals surface area contributed by atoms with Crippen molar-refractivity contribution in [3.05, 3.63) is 45.3 Å². The summed E-state index contributed by atoms with van der Waals surface area (Å²) in [6.45, 7) is 13.3. The highest BCUT2D eigenvalue weighted by molar-refractivity contribution is 6.32. The second-order valence-electron chi connectivity index (χ2n) is 11.3. The molecule has 1 aromatic rings. The fraction of sp³-hybridized carbons (Fsp3) is 0.571. The molecule has 1 heterocycles. The van der Waals surface area contributed by atoms with Gasteiger partial charge in [-0.2, -0.15) is 0 Å². The summed E-state index contributed by atoms with van der Waals surface area (Å²) in [5, 5.41) is 0.429. The predicted octanol–water partition coefficient (Wildman–Crippen LogP) is 6.45. The van der Waals surface area contributed by atoms with Gasteiger partial charge in [0.05, 0.1) is 18.2 Å². The summed E-state index contributed by atoms with van der Waals surface area (Å²) in [5.74, 6) is 0.812. The van der Waals surface area contributed by atoms with Gasteiger partial charge in [-0.1, -0.05) is 39.3 Å². The minimum Gasteiger partial charge on any atom is -0.490 e. The number of rotatable bonds is 5. The minimum absolute atomic E-state index is 0.107. The summed E-state index contributed by atoms with van der Waals surface area (Å²) >= 11 is 6.69. The van der Waals surface area contributed by atoms with Crippen molar-refractivity contribution < 1.29 is 19.1 Å². The van der Waals surface area contributed by atoms with Crippen LogP contribution in [0.15, 0.2) is 34.7 Å². The lowest BCUT2D eigenvalue weighted by Crippen LogP contribution is -2.43. The maximum atomic E-state index is 13.6. The lowest BCUT2D eigenvalue weighted by Gasteiger charge is -2.48. The molecule has 0 spiro atoms. The van der Waals surface area contributed by atoms with Crippen molar-refractivity contribution in [2.24, 2.45) is 10.8 Å². The van der Waals surface area contributed by atoms with Crippen LogP contribution in [0.5, 0.6) is 11.5 Å². The van der Waals surface area contributed by atoms with Gasteiger partial charge < -0.3 is 14.4 Å². The largest absolute Gasteiger partial charge is 0.490 e. The van der Waals surface area contributed by atoms with Crippen molar-refractivity contribution in [1.29, 1.82) is 0 Å². The van der Waals surface area contributed by atoms with Crippen LogP contribution in [-0.2, 0) is 9.59 Å². The van der Waals surface area contributed by atoms with Gasteiger partial charge in [0, 0.05) is 48.3 Å². The van der Waals surface area contributed by atoms with E-state index in [1.54, 1.807) is 0 Å². The molecule has 5 nitrogen and oxygen atoms in total. The Balaban J connectivity index is 1.98. The standard InChI is InChI=1S/C28H36ClNO4/c1-8-33-22-11-16(10-17(29)26(22)34-9-2)23-24-18(12-27(3,4)14-20(24)31)30(7)19-13-28(5,6)15-21(32)25(19)23/h10-11,23H,8-9,12-15H2,1-7H3. The number of hydrogen-bond acceptors (Lipinski definition) is 5. The summed E-state index contributed by atoms with van der Waals surface area (Å²) in [6.07, 6.45) is 2.49. The number of hydrogen-bond donors (Lipinski definition) is 0. The Morgan fingerprint density at radius 2 is 1.38 bits per heavy atom. The minimum atomic E-state index is -0.444. The highest BCUT2D eigenvalue weighted by Gasteiger charge is 2.48. The van der Waals surface area contributed by atoms with E-state index in [1.165, 1.54) is 0 Å². The third kappa shape index (κ3) is 4.28.